The molecule has 3 aliphatic rings. The van der Waals surface area contributed by atoms with Crippen molar-refractivity contribution in [3.05, 3.63) is 0 Å². The monoisotopic (exact) mass is 253 g/mol. The average molecular weight is 253 g/mol. The molecule has 3 rings (SSSR count). The number of aliphatic carboxylic acids is 1. The van der Waals surface area contributed by atoms with Crippen LogP contribution in [0.5, 0.6) is 0 Å². The fourth-order valence-corrected chi connectivity index (χ4v) is 3.42. The summed E-state index contributed by atoms with van der Waals surface area (Å²) in [4.78, 5) is 11.2. The maximum absolute atomic E-state index is 11.2. The molecule has 18 heavy (non-hydrogen) atoms. The molecule has 0 aromatic rings. The SMILES string of the molecule is CCC1OC1CC(CC1CCC2OC2C1)C(=O)[O-]. The van der Waals surface area contributed by atoms with Crippen molar-refractivity contribution in [2.75, 3.05) is 0 Å². The molecule has 4 nitrogen and oxygen atoms in total. The molecule has 0 amide bonds. The number of fused-ring (bicyclic) bond motifs is 1. The minimum Gasteiger partial charge on any atom is -0.550 e. The van der Waals surface area contributed by atoms with Gasteiger partial charge in [-0.05, 0) is 44.4 Å². The number of carboxylic acid groups (broad SMARTS) is 1. The molecular formula is C14H21O4-. The Morgan fingerprint density at radius 3 is 2.67 bits per heavy atom. The first kappa shape index (κ1) is 12.4. The van der Waals surface area contributed by atoms with E-state index in [0.29, 0.717) is 24.5 Å². The van der Waals surface area contributed by atoms with E-state index in [2.05, 4.69) is 6.92 Å². The van der Waals surface area contributed by atoms with Gasteiger partial charge in [-0.1, -0.05) is 6.92 Å². The zero-order valence-electron chi connectivity index (χ0n) is 10.8. The van der Waals surface area contributed by atoms with E-state index in [-0.39, 0.29) is 18.1 Å². The summed E-state index contributed by atoms with van der Waals surface area (Å²) in [6.07, 6.45) is 6.95. The van der Waals surface area contributed by atoms with E-state index in [4.69, 9.17) is 9.47 Å². The molecule has 0 bridgehead atoms. The quantitative estimate of drug-likeness (QED) is 0.659. The van der Waals surface area contributed by atoms with Crippen molar-refractivity contribution in [2.45, 2.75) is 69.9 Å². The van der Waals surface area contributed by atoms with E-state index in [1.807, 2.05) is 0 Å². The van der Waals surface area contributed by atoms with Gasteiger partial charge in [0.05, 0.1) is 24.4 Å². The third kappa shape index (κ3) is 2.69. The molecule has 2 heterocycles. The Labute approximate surface area is 108 Å². The Hall–Kier alpha value is -0.610. The number of hydrogen-bond donors (Lipinski definition) is 0. The lowest BCUT2D eigenvalue weighted by Crippen LogP contribution is -2.34. The van der Waals surface area contributed by atoms with E-state index < -0.39 is 5.97 Å². The Balaban J connectivity index is 1.48. The molecule has 3 fully saturated rings. The molecule has 0 radical (unpaired) electrons. The summed E-state index contributed by atoms with van der Waals surface area (Å²) < 4.78 is 10.9. The van der Waals surface area contributed by atoms with Crippen molar-refractivity contribution in [1.82, 2.24) is 0 Å². The molecule has 6 unspecified atom stereocenters. The second-order valence-corrected chi connectivity index (χ2v) is 6.00. The lowest BCUT2D eigenvalue weighted by atomic mass is 9.81. The van der Waals surface area contributed by atoms with Crippen LogP contribution >= 0.6 is 0 Å². The second-order valence-electron chi connectivity index (χ2n) is 6.00. The normalized spacial score (nSPS) is 43.1. The molecule has 102 valence electrons. The van der Waals surface area contributed by atoms with Gasteiger partial charge in [-0.15, -0.1) is 0 Å². The zero-order valence-corrected chi connectivity index (χ0v) is 10.8. The average Bonchev–Trinajstić information content (AvgIpc) is 3.22. The van der Waals surface area contributed by atoms with Crippen LogP contribution in [0, 0.1) is 11.8 Å². The molecule has 1 saturated carbocycles. The first-order chi connectivity index (χ1) is 8.67. The molecule has 0 spiro atoms. The van der Waals surface area contributed by atoms with Gasteiger partial charge >= 0.3 is 0 Å². The van der Waals surface area contributed by atoms with E-state index >= 15 is 0 Å². The highest BCUT2D eigenvalue weighted by Crippen LogP contribution is 2.42. The molecule has 4 heteroatoms. The summed E-state index contributed by atoms with van der Waals surface area (Å²) in [5.41, 5.74) is 0. The van der Waals surface area contributed by atoms with E-state index in [9.17, 15) is 9.90 Å². The smallest absolute Gasteiger partial charge is 0.0848 e. The lowest BCUT2D eigenvalue weighted by molar-refractivity contribution is -0.312. The molecular weight excluding hydrogens is 232 g/mol. The number of carbonyl (C=O) groups is 1. The maximum atomic E-state index is 11.2. The van der Waals surface area contributed by atoms with Gasteiger partial charge in [0, 0.05) is 11.9 Å². The number of epoxide rings is 2. The lowest BCUT2D eigenvalue weighted by Gasteiger charge is -2.25. The molecule has 2 aliphatic heterocycles. The minimum atomic E-state index is -0.904. The molecule has 0 aromatic heterocycles. The summed E-state index contributed by atoms with van der Waals surface area (Å²) in [7, 11) is 0. The van der Waals surface area contributed by atoms with Crippen LogP contribution < -0.4 is 5.11 Å². The van der Waals surface area contributed by atoms with Crippen LogP contribution in [-0.4, -0.2) is 30.4 Å². The van der Waals surface area contributed by atoms with Crippen molar-refractivity contribution in [2.24, 2.45) is 11.8 Å². The van der Waals surface area contributed by atoms with Crippen molar-refractivity contribution in [3.8, 4) is 0 Å². The molecule has 1 aliphatic carbocycles. The van der Waals surface area contributed by atoms with Gasteiger partial charge in [-0.25, -0.2) is 0 Å². The van der Waals surface area contributed by atoms with Gasteiger partial charge < -0.3 is 19.4 Å². The van der Waals surface area contributed by atoms with Gasteiger partial charge in [0.15, 0.2) is 0 Å². The third-order valence-corrected chi connectivity index (χ3v) is 4.67. The van der Waals surface area contributed by atoms with Gasteiger partial charge in [0.25, 0.3) is 0 Å². The third-order valence-electron chi connectivity index (χ3n) is 4.67. The Morgan fingerprint density at radius 2 is 2.06 bits per heavy atom. The summed E-state index contributed by atoms with van der Waals surface area (Å²) in [5.74, 6) is -0.749. The van der Waals surface area contributed by atoms with E-state index in [1.165, 1.54) is 0 Å². The molecule has 0 N–H and O–H groups in total. The van der Waals surface area contributed by atoms with Crippen LogP contribution in [0.25, 0.3) is 0 Å². The largest absolute Gasteiger partial charge is 0.550 e. The van der Waals surface area contributed by atoms with Gasteiger partial charge in [0.1, 0.15) is 0 Å². The topological polar surface area (TPSA) is 65.2 Å². The fraction of sp³-hybridized carbons (Fsp3) is 0.929. The van der Waals surface area contributed by atoms with Crippen molar-refractivity contribution < 1.29 is 19.4 Å². The number of ether oxygens (including phenoxy) is 2. The fourth-order valence-electron chi connectivity index (χ4n) is 3.42. The highest BCUT2D eigenvalue weighted by molar-refractivity contribution is 5.67. The molecule has 6 atom stereocenters. The van der Waals surface area contributed by atoms with Crippen LogP contribution in [0.15, 0.2) is 0 Å². The number of carbonyl (C=O) groups excluding carboxylic acids is 1. The molecule has 2 saturated heterocycles. The number of rotatable bonds is 6. The van der Waals surface area contributed by atoms with Crippen molar-refractivity contribution in [1.29, 1.82) is 0 Å². The summed E-state index contributed by atoms with van der Waals surface area (Å²) >= 11 is 0. The highest BCUT2D eigenvalue weighted by Gasteiger charge is 2.45. The van der Waals surface area contributed by atoms with Crippen LogP contribution in [-0.2, 0) is 14.3 Å². The van der Waals surface area contributed by atoms with E-state index in [0.717, 1.165) is 32.1 Å². The van der Waals surface area contributed by atoms with Crippen LogP contribution in [0.3, 0.4) is 0 Å². The van der Waals surface area contributed by atoms with Gasteiger partial charge in [-0.3, -0.25) is 0 Å². The maximum Gasteiger partial charge on any atom is 0.0848 e. The Morgan fingerprint density at radius 1 is 1.22 bits per heavy atom. The minimum absolute atomic E-state index is 0.159. The second kappa shape index (κ2) is 4.82. The van der Waals surface area contributed by atoms with Crippen LogP contribution in [0.1, 0.15) is 45.4 Å². The van der Waals surface area contributed by atoms with Crippen molar-refractivity contribution >= 4 is 5.97 Å². The van der Waals surface area contributed by atoms with Crippen LogP contribution in [0.2, 0.25) is 0 Å². The first-order valence-electron chi connectivity index (χ1n) is 7.19. The Bertz CT molecular complexity index is 330. The van der Waals surface area contributed by atoms with Crippen molar-refractivity contribution in [3.63, 3.8) is 0 Å². The molecule has 0 aromatic carbocycles. The predicted molar refractivity (Wildman–Crippen MR) is 62.7 cm³/mol. The predicted octanol–water partition coefficient (Wildman–Crippen LogP) is 0.878. The van der Waals surface area contributed by atoms with Gasteiger partial charge in [0.2, 0.25) is 0 Å². The van der Waals surface area contributed by atoms with Crippen LogP contribution in [0.4, 0.5) is 0 Å². The number of carboxylic acids is 1. The summed E-state index contributed by atoms with van der Waals surface area (Å²) in [6.45, 7) is 2.07. The standard InChI is InChI=1S/C14H22O4/c1-2-10-13(17-10)7-9(14(15)16)5-8-3-4-11-12(6-8)18-11/h8-13H,2-7H2,1H3,(H,15,16)/p-1. The highest BCUT2D eigenvalue weighted by atomic mass is 16.6. The summed E-state index contributed by atoms with van der Waals surface area (Å²) in [6, 6.07) is 0. The first-order valence-corrected chi connectivity index (χ1v) is 7.19. The Kier molecular flexibility index (Phi) is 3.32. The van der Waals surface area contributed by atoms with E-state index in [1.54, 1.807) is 0 Å². The zero-order chi connectivity index (χ0) is 12.7. The summed E-state index contributed by atoms with van der Waals surface area (Å²) in [5, 5.41) is 11.2. The van der Waals surface area contributed by atoms with Gasteiger partial charge in [-0.2, -0.15) is 0 Å². The number of hydrogen-bond acceptors (Lipinski definition) is 4.